The van der Waals surface area contributed by atoms with Gasteiger partial charge >= 0.3 is 19.8 Å². The van der Waals surface area contributed by atoms with Gasteiger partial charge in [0.1, 0.15) is 6.61 Å². The first-order valence-electron chi connectivity index (χ1n) is 20.6. The fourth-order valence-corrected chi connectivity index (χ4v) is 6.49. The number of hydrogen-bond acceptors (Lipinski definition) is 9. The Kier molecular flexibility index (Phi) is 31.3. The van der Waals surface area contributed by atoms with Crippen LogP contribution in [0.4, 0.5) is 0 Å². The molecule has 1 aliphatic rings. The van der Waals surface area contributed by atoms with Crippen LogP contribution in [0.1, 0.15) is 168 Å². The number of carbonyl (C=O) groups excluding carboxylic acids is 2. The number of phosphoric acid groups is 1. The van der Waals surface area contributed by atoms with E-state index in [2.05, 4.69) is 44.2 Å². The predicted molar refractivity (Wildman–Crippen MR) is 210 cm³/mol. The van der Waals surface area contributed by atoms with Crippen LogP contribution in [0, 0.1) is 0 Å². The molecule has 302 valence electrons. The first kappa shape index (κ1) is 48.2. The maximum absolute atomic E-state index is 12.5. The van der Waals surface area contributed by atoms with Crippen molar-refractivity contribution in [2.45, 2.75) is 186 Å². The van der Waals surface area contributed by atoms with Crippen LogP contribution < -0.4 is 5.73 Å². The molecule has 3 N–H and O–H groups in total. The number of carbonyl (C=O) groups is 2. The second kappa shape index (κ2) is 33.7. The predicted octanol–water partition coefficient (Wildman–Crippen LogP) is 10.4. The van der Waals surface area contributed by atoms with Gasteiger partial charge in [0.2, 0.25) is 0 Å². The highest BCUT2D eigenvalue weighted by Gasteiger charge is 2.36. The maximum Gasteiger partial charge on any atom is 0.472 e. The van der Waals surface area contributed by atoms with Gasteiger partial charge < -0.3 is 24.8 Å². The molecule has 0 aliphatic carbocycles. The van der Waals surface area contributed by atoms with E-state index in [4.69, 9.17) is 29.0 Å². The summed E-state index contributed by atoms with van der Waals surface area (Å²) in [6, 6.07) is 0. The molecule has 0 saturated carbocycles. The second-order valence-electron chi connectivity index (χ2n) is 13.9. The second-order valence-corrected chi connectivity index (χ2v) is 15.3. The van der Waals surface area contributed by atoms with Crippen LogP contribution in [0.5, 0.6) is 0 Å². The van der Waals surface area contributed by atoms with E-state index in [1.54, 1.807) is 0 Å². The molecule has 0 radical (unpaired) electrons. The van der Waals surface area contributed by atoms with Crippen LogP contribution in [-0.2, 0) is 37.4 Å². The van der Waals surface area contributed by atoms with E-state index in [-0.39, 0.29) is 32.6 Å². The zero-order valence-corrected chi connectivity index (χ0v) is 33.6. The van der Waals surface area contributed by atoms with Gasteiger partial charge in [0.05, 0.1) is 25.4 Å². The van der Waals surface area contributed by atoms with Crippen LogP contribution in [0.2, 0.25) is 0 Å². The molecule has 0 spiro atoms. The van der Waals surface area contributed by atoms with E-state index < -0.39 is 32.5 Å². The molecular weight excluding hydrogens is 681 g/mol. The number of allylic oxidation sites excluding steroid dienone is 4. The number of hydrogen-bond donors (Lipinski definition) is 2. The third-order valence-corrected chi connectivity index (χ3v) is 9.92. The van der Waals surface area contributed by atoms with Gasteiger partial charge in [0, 0.05) is 19.4 Å². The fourth-order valence-electron chi connectivity index (χ4n) is 5.73. The van der Waals surface area contributed by atoms with Crippen molar-refractivity contribution in [1.82, 2.24) is 0 Å². The quantitative estimate of drug-likeness (QED) is 0.0206. The van der Waals surface area contributed by atoms with Gasteiger partial charge in [0.15, 0.2) is 6.10 Å². The van der Waals surface area contributed by atoms with Crippen LogP contribution in [0.15, 0.2) is 36.5 Å². The lowest BCUT2D eigenvalue weighted by Gasteiger charge is -2.19. The summed E-state index contributed by atoms with van der Waals surface area (Å²) < 4.78 is 38.4. The Balaban J connectivity index is 2.24. The van der Waals surface area contributed by atoms with Crippen LogP contribution >= 0.6 is 7.82 Å². The number of epoxide rings is 1. The minimum absolute atomic E-state index is 0.0444. The number of rotatable bonds is 37. The molecule has 11 heteroatoms. The Hall–Kier alpha value is -1.81. The number of nitrogens with two attached hydrogens (primary N) is 1. The summed E-state index contributed by atoms with van der Waals surface area (Å²) in [4.78, 5) is 34.8. The largest absolute Gasteiger partial charge is 0.472 e. The number of phosphoric ester groups is 1. The molecule has 0 aromatic rings. The molecule has 1 saturated heterocycles. The monoisotopic (exact) mass is 756 g/mol. The number of ether oxygens (including phenoxy) is 3. The highest BCUT2D eigenvalue weighted by molar-refractivity contribution is 7.47. The zero-order chi connectivity index (χ0) is 38.0. The molecule has 0 bridgehead atoms. The molecule has 0 aromatic carbocycles. The summed E-state index contributed by atoms with van der Waals surface area (Å²) in [5.74, 6) is -0.899. The van der Waals surface area contributed by atoms with Crippen molar-refractivity contribution in [3.8, 4) is 0 Å². The van der Waals surface area contributed by atoms with Crippen LogP contribution in [0.3, 0.4) is 0 Å². The molecule has 1 rings (SSSR count). The Morgan fingerprint density at radius 2 is 1.19 bits per heavy atom. The standard InChI is InChI=1S/C41H74NO9P/c1-3-5-7-9-11-12-13-14-15-16-19-24-28-32-41(44)50-37(36-49-52(45,46)48-34-33-42)35-47-40(43)31-27-23-20-17-18-22-26-30-39-38(51-39)29-25-21-10-8-6-4-2/h17,20-22,25-26,37-39H,3-16,18-19,23-24,27-36,42H2,1-2H3,(H,45,46)/b20-17-,25-21-,26-22-/t37-,38?,39?/m1/s1. The summed E-state index contributed by atoms with van der Waals surface area (Å²) in [6.07, 6.45) is 37.8. The highest BCUT2D eigenvalue weighted by atomic mass is 31.2. The van der Waals surface area contributed by atoms with Gasteiger partial charge in [-0.05, 0) is 51.4 Å². The van der Waals surface area contributed by atoms with Crippen LogP contribution in [0.25, 0.3) is 0 Å². The molecule has 0 aromatic heterocycles. The van der Waals surface area contributed by atoms with Gasteiger partial charge in [-0.2, -0.15) is 0 Å². The summed E-state index contributed by atoms with van der Waals surface area (Å²) in [5, 5.41) is 0. The SMILES string of the molecule is CCCCC/C=C\CC1OC1C/C=C\C/C=C\CCCC(=O)OC[C@H](COP(=O)(O)OCCN)OC(=O)CCCCCCCCCCCCCCC. The first-order chi connectivity index (χ1) is 25.3. The Bertz CT molecular complexity index is 1020. The molecule has 4 atom stereocenters. The van der Waals surface area contributed by atoms with Crippen LogP contribution in [-0.4, -0.2) is 61.5 Å². The lowest BCUT2D eigenvalue weighted by atomic mass is 10.0. The summed E-state index contributed by atoms with van der Waals surface area (Å²) in [7, 11) is -4.39. The molecule has 3 unspecified atom stereocenters. The Morgan fingerprint density at radius 1 is 0.673 bits per heavy atom. The van der Waals surface area contributed by atoms with Crippen molar-refractivity contribution < 1.29 is 42.3 Å². The summed E-state index contributed by atoms with van der Waals surface area (Å²) in [6.45, 7) is 3.62. The van der Waals surface area contributed by atoms with E-state index in [1.807, 2.05) is 6.08 Å². The first-order valence-corrected chi connectivity index (χ1v) is 22.1. The highest BCUT2D eigenvalue weighted by Crippen LogP contribution is 2.43. The van der Waals surface area contributed by atoms with E-state index in [1.165, 1.54) is 77.0 Å². The number of unbranched alkanes of at least 4 members (excludes halogenated alkanes) is 16. The van der Waals surface area contributed by atoms with Gasteiger partial charge in [-0.1, -0.05) is 140 Å². The van der Waals surface area contributed by atoms with Gasteiger partial charge in [-0.25, -0.2) is 4.57 Å². The van der Waals surface area contributed by atoms with Crippen molar-refractivity contribution in [3.05, 3.63) is 36.5 Å². The van der Waals surface area contributed by atoms with Crippen molar-refractivity contribution in [1.29, 1.82) is 0 Å². The van der Waals surface area contributed by atoms with E-state index in [0.717, 1.165) is 51.4 Å². The third kappa shape index (κ3) is 30.6. The molecule has 1 aliphatic heterocycles. The zero-order valence-electron chi connectivity index (χ0n) is 32.7. The van der Waals surface area contributed by atoms with Crippen molar-refractivity contribution in [3.63, 3.8) is 0 Å². The molecule has 52 heavy (non-hydrogen) atoms. The van der Waals surface area contributed by atoms with Gasteiger partial charge in [0.25, 0.3) is 0 Å². The van der Waals surface area contributed by atoms with Crippen molar-refractivity contribution in [2.75, 3.05) is 26.4 Å². The van der Waals surface area contributed by atoms with E-state index in [0.29, 0.717) is 25.0 Å². The lowest BCUT2D eigenvalue weighted by Crippen LogP contribution is -2.29. The molecule has 10 nitrogen and oxygen atoms in total. The average Bonchev–Trinajstić information content (AvgIpc) is 3.89. The van der Waals surface area contributed by atoms with Gasteiger partial charge in [-0.15, -0.1) is 0 Å². The number of esters is 2. The van der Waals surface area contributed by atoms with Crippen molar-refractivity contribution in [2.24, 2.45) is 5.73 Å². The topological polar surface area (TPSA) is 147 Å². The normalized spacial score (nSPS) is 17.6. The summed E-state index contributed by atoms with van der Waals surface area (Å²) in [5.41, 5.74) is 5.34. The van der Waals surface area contributed by atoms with E-state index >= 15 is 0 Å². The average molecular weight is 756 g/mol. The minimum atomic E-state index is -4.39. The summed E-state index contributed by atoms with van der Waals surface area (Å²) >= 11 is 0. The molecular formula is C41H74NO9P. The third-order valence-electron chi connectivity index (χ3n) is 8.93. The molecule has 1 heterocycles. The van der Waals surface area contributed by atoms with Crippen molar-refractivity contribution >= 4 is 19.8 Å². The Morgan fingerprint density at radius 3 is 1.83 bits per heavy atom. The molecule has 0 amide bonds. The van der Waals surface area contributed by atoms with Gasteiger partial charge in [-0.3, -0.25) is 18.6 Å². The maximum atomic E-state index is 12.5. The fraction of sp³-hybridized carbons (Fsp3) is 0.805. The van der Waals surface area contributed by atoms with E-state index in [9.17, 15) is 19.0 Å². The minimum Gasteiger partial charge on any atom is -0.462 e. The Labute approximate surface area is 316 Å². The molecule has 1 fully saturated rings. The lowest BCUT2D eigenvalue weighted by molar-refractivity contribution is -0.161. The smallest absolute Gasteiger partial charge is 0.462 e.